The summed E-state index contributed by atoms with van der Waals surface area (Å²) in [5, 5.41) is 27.6. The first-order valence-corrected chi connectivity index (χ1v) is 17.7. The summed E-state index contributed by atoms with van der Waals surface area (Å²) in [5.41, 5.74) is 7.66. The third kappa shape index (κ3) is 11.0. The third-order valence-electron chi connectivity index (χ3n) is 8.67. The van der Waals surface area contributed by atoms with Crippen molar-refractivity contribution in [3.05, 3.63) is 188 Å². The quantitative estimate of drug-likeness (QED) is 0.0837. The van der Waals surface area contributed by atoms with Gasteiger partial charge in [0.15, 0.2) is 23.4 Å². The lowest BCUT2D eigenvalue weighted by atomic mass is 10.1. The number of aliphatic hydroxyl groups is 1. The summed E-state index contributed by atoms with van der Waals surface area (Å²) in [4.78, 5) is 27.2. The normalized spacial score (nSPS) is 9.98. The molecule has 0 bridgehead atoms. The first kappa shape index (κ1) is 41.1. The van der Waals surface area contributed by atoms with Crippen LogP contribution in [0.2, 0.25) is 0 Å². The van der Waals surface area contributed by atoms with Crippen molar-refractivity contribution < 1.29 is 28.8 Å². The first-order chi connectivity index (χ1) is 28.3. The number of aliphatic hydroxyl groups excluding tert-OH is 1. The zero-order valence-corrected chi connectivity index (χ0v) is 31.7. The summed E-state index contributed by atoms with van der Waals surface area (Å²) in [6, 6.07) is 31.9. The van der Waals surface area contributed by atoms with Gasteiger partial charge in [0.25, 0.3) is 0 Å². The van der Waals surface area contributed by atoms with E-state index >= 15 is 0 Å². The van der Waals surface area contributed by atoms with Crippen molar-refractivity contribution in [3.63, 3.8) is 0 Å². The van der Waals surface area contributed by atoms with E-state index in [1.54, 1.807) is 92.1 Å². The lowest BCUT2D eigenvalue weighted by Crippen LogP contribution is -2.07. The molecule has 0 aliphatic carbocycles. The molecular weight excluding hydrogens is 733 g/mol. The van der Waals surface area contributed by atoms with E-state index in [1.807, 2.05) is 31.2 Å². The van der Waals surface area contributed by atoms with Crippen LogP contribution in [0, 0.1) is 49.7 Å². The highest BCUT2D eigenvalue weighted by molar-refractivity contribution is 5.82. The van der Waals surface area contributed by atoms with Gasteiger partial charge >= 0.3 is 0 Å². The number of nitrogens with zero attached hydrogens (tertiary/aromatic N) is 6. The van der Waals surface area contributed by atoms with E-state index in [-0.39, 0.29) is 26.4 Å². The van der Waals surface area contributed by atoms with Crippen molar-refractivity contribution in [2.75, 3.05) is 0 Å². The molecule has 0 saturated carbocycles. The Hall–Kier alpha value is -8.03. The Bertz CT molecular complexity index is 2510. The molecule has 286 valence electrons. The van der Waals surface area contributed by atoms with Crippen molar-refractivity contribution in [1.82, 2.24) is 9.97 Å². The number of carbonyl (C=O) groups excluding carboxylic acids is 1. The van der Waals surface area contributed by atoms with Gasteiger partial charge < -0.3 is 24.1 Å². The topological polar surface area (TPSA) is 156 Å². The fourth-order valence-corrected chi connectivity index (χ4v) is 5.45. The maximum absolute atomic E-state index is 11.8. The molecule has 12 heteroatoms. The minimum atomic E-state index is -0.207. The summed E-state index contributed by atoms with van der Waals surface area (Å²) in [5.74, 6) is 2.15. The number of rotatable bonds is 14. The number of aromatic nitrogens is 2. The second kappa shape index (κ2) is 20.6. The predicted molar refractivity (Wildman–Crippen MR) is 214 cm³/mol. The fourth-order valence-electron chi connectivity index (χ4n) is 5.45. The van der Waals surface area contributed by atoms with Gasteiger partial charge in [0.1, 0.15) is 43.7 Å². The molecule has 6 rings (SSSR count). The fraction of sp³-hybridized carbons (Fsp3) is 0.152. The van der Waals surface area contributed by atoms with E-state index in [9.17, 15) is 9.90 Å². The average Bonchev–Trinajstić information content (AvgIpc) is 3.27. The highest BCUT2D eigenvalue weighted by Gasteiger charge is 2.16. The summed E-state index contributed by atoms with van der Waals surface area (Å²) in [7, 11) is 0. The Morgan fingerprint density at radius 1 is 0.621 bits per heavy atom. The monoisotopic (exact) mass is 768 g/mol. The average molecular weight is 769 g/mol. The molecule has 12 nitrogen and oxygen atoms in total. The number of benzene rings is 4. The number of ether oxygens (including phenoxy) is 4. The van der Waals surface area contributed by atoms with E-state index in [2.05, 4.69) is 31.8 Å². The van der Waals surface area contributed by atoms with Crippen LogP contribution in [-0.2, 0) is 33.0 Å². The maximum Gasteiger partial charge on any atom is 0.187 e. The van der Waals surface area contributed by atoms with Crippen LogP contribution in [-0.4, -0.2) is 21.4 Å². The molecule has 0 unspecified atom stereocenters. The van der Waals surface area contributed by atoms with Gasteiger partial charge in [0.05, 0.1) is 60.0 Å². The van der Waals surface area contributed by atoms with Gasteiger partial charge in [-0.25, -0.2) is 9.69 Å². The second-order valence-corrected chi connectivity index (χ2v) is 12.5. The molecule has 0 atom stereocenters. The Labute approximate surface area is 336 Å². The van der Waals surface area contributed by atoms with Gasteiger partial charge in [-0.3, -0.25) is 14.8 Å². The summed E-state index contributed by atoms with van der Waals surface area (Å²) >= 11 is 0. The number of aryl methyl sites for hydroxylation is 2. The minimum Gasteiger partial charge on any atom is -0.489 e. The molecule has 2 heterocycles. The van der Waals surface area contributed by atoms with Crippen LogP contribution >= 0.6 is 0 Å². The van der Waals surface area contributed by atoms with Crippen LogP contribution < -0.4 is 18.9 Å². The highest BCUT2D eigenvalue weighted by atomic mass is 16.5. The Morgan fingerprint density at radius 2 is 1.05 bits per heavy atom. The molecule has 0 spiro atoms. The SMILES string of the molecule is [C-]#[N+]c1ccc(COc2c(C)ncc(COc3ccc(C#N)cc3)c2C=O)cc1.[C-]#[N+]c1ccc(COc2c(C)ncc(COc3ccc(C#N)cc3)c2CO)cc1. The third-order valence-corrected chi connectivity index (χ3v) is 8.67. The molecule has 2 aromatic heterocycles. The second-order valence-electron chi connectivity index (χ2n) is 12.5. The van der Waals surface area contributed by atoms with E-state index in [0.29, 0.717) is 80.2 Å². The molecule has 6 aromatic rings. The predicted octanol–water partition coefficient (Wildman–Crippen LogP) is 9.25. The van der Waals surface area contributed by atoms with Crippen molar-refractivity contribution in [3.8, 4) is 35.1 Å². The van der Waals surface area contributed by atoms with Crippen LogP contribution in [0.5, 0.6) is 23.0 Å². The Morgan fingerprint density at radius 3 is 1.48 bits per heavy atom. The molecule has 58 heavy (non-hydrogen) atoms. The van der Waals surface area contributed by atoms with Crippen molar-refractivity contribution in [1.29, 1.82) is 10.5 Å². The lowest BCUT2D eigenvalue weighted by Gasteiger charge is -2.16. The van der Waals surface area contributed by atoms with E-state index in [0.717, 1.165) is 23.0 Å². The molecule has 0 aliphatic heterocycles. The summed E-state index contributed by atoms with van der Waals surface area (Å²) in [6.07, 6.45) is 4.01. The van der Waals surface area contributed by atoms with Crippen LogP contribution in [0.4, 0.5) is 11.4 Å². The minimum absolute atomic E-state index is 0.142. The number of carbonyl (C=O) groups is 1. The molecule has 0 fully saturated rings. The zero-order valence-electron chi connectivity index (χ0n) is 31.7. The highest BCUT2D eigenvalue weighted by Crippen LogP contribution is 2.29. The van der Waals surface area contributed by atoms with Gasteiger partial charge in [-0.05, 0) is 73.5 Å². The smallest absolute Gasteiger partial charge is 0.187 e. The molecule has 0 amide bonds. The Balaban J connectivity index is 0.000000221. The number of hydrogen-bond acceptors (Lipinski definition) is 10. The standard InChI is InChI=1S/C23H19N3O3.C23H17N3O3/c2*1-16-23(29-14-18-3-7-20(25-2)8-4-18)22(13-27)19(12-26-16)15-28-21-9-5-17(11-24)6-10-21/h3-10,12,27H,13-15H2,1H3;3-10,12-13H,14-15H2,1H3. The largest absolute Gasteiger partial charge is 0.489 e. The molecule has 0 saturated heterocycles. The molecule has 0 radical (unpaired) electrons. The zero-order chi connectivity index (χ0) is 41.3. The van der Waals surface area contributed by atoms with Gasteiger partial charge in [-0.1, -0.05) is 48.5 Å². The van der Waals surface area contributed by atoms with E-state index in [4.69, 9.17) is 42.6 Å². The van der Waals surface area contributed by atoms with E-state index < -0.39 is 0 Å². The van der Waals surface area contributed by atoms with Gasteiger partial charge in [-0.15, -0.1) is 0 Å². The Kier molecular flexibility index (Phi) is 14.6. The summed E-state index contributed by atoms with van der Waals surface area (Å²) in [6.45, 7) is 18.3. The summed E-state index contributed by atoms with van der Waals surface area (Å²) < 4.78 is 23.3. The number of nitriles is 2. The molecule has 0 aliphatic rings. The lowest BCUT2D eigenvalue weighted by molar-refractivity contribution is 0.111. The number of aldehydes is 1. The van der Waals surface area contributed by atoms with Crippen LogP contribution in [0.1, 0.15) is 60.7 Å². The number of hydrogen-bond donors (Lipinski definition) is 1. The van der Waals surface area contributed by atoms with Crippen molar-refractivity contribution in [2.45, 2.75) is 46.9 Å². The van der Waals surface area contributed by atoms with Crippen LogP contribution in [0.3, 0.4) is 0 Å². The van der Waals surface area contributed by atoms with Gasteiger partial charge in [0, 0.05) is 29.1 Å². The number of pyridine rings is 2. The van der Waals surface area contributed by atoms with Crippen LogP contribution in [0.15, 0.2) is 109 Å². The van der Waals surface area contributed by atoms with Crippen molar-refractivity contribution in [2.24, 2.45) is 0 Å². The van der Waals surface area contributed by atoms with Gasteiger partial charge in [-0.2, -0.15) is 10.5 Å². The molecular formula is C46H36N6O6. The van der Waals surface area contributed by atoms with Gasteiger partial charge in [0.2, 0.25) is 0 Å². The first-order valence-electron chi connectivity index (χ1n) is 17.7. The maximum atomic E-state index is 11.8. The molecule has 1 N–H and O–H groups in total. The molecule has 4 aromatic carbocycles. The van der Waals surface area contributed by atoms with Crippen LogP contribution in [0.25, 0.3) is 9.69 Å². The van der Waals surface area contributed by atoms with Crippen molar-refractivity contribution >= 4 is 17.7 Å². The van der Waals surface area contributed by atoms with E-state index in [1.165, 1.54) is 0 Å².